The Balaban J connectivity index is 2.42. The van der Waals surface area contributed by atoms with E-state index in [0.29, 0.717) is 16.0 Å². The summed E-state index contributed by atoms with van der Waals surface area (Å²) in [5.41, 5.74) is 0.361. The maximum atomic E-state index is 8.53. The Morgan fingerprint density at radius 2 is 2.46 bits per heavy atom. The molecule has 0 aliphatic carbocycles. The van der Waals surface area contributed by atoms with Crippen molar-refractivity contribution in [3.05, 3.63) is 22.6 Å². The molecule has 0 unspecified atom stereocenters. The van der Waals surface area contributed by atoms with E-state index in [2.05, 4.69) is 15.0 Å². The van der Waals surface area contributed by atoms with Crippen molar-refractivity contribution < 1.29 is 0 Å². The van der Waals surface area contributed by atoms with Crippen molar-refractivity contribution >= 4 is 22.9 Å². The van der Waals surface area contributed by atoms with Crippen LogP contribution in [0.25, 0.3) is 10.7 Å². The van der Waals surface area contributed by atoms with Gasteiger partial charge in [0.2, 0.25) is 0 Å². The van der Waals surface area contributed by atoms with Crippen LogP contribution in [0.1, 0.15) is 5.69 Å². The molecule has 0 spiro atoms. The maximum Gasteiger partial charge on any atom is 0.184 e. The van der Waals surface area contributed by atoms with Crippen LogP contribution in [-0.4, -0.2) is 15.0 Å². The molecule has 0 amide bonds. The van der Waals surface area contributed by atoms with E-state index in [1.807, 2.05) is 6.07 Å². The number of nitriles is 1. The molecule has 6 heteroatoms. The SMILES string of the molecule is N#Cc1c[nH]c(-c2cnc(Cl)s2)n1. The first-order valence-corrected chi connectivity index (χ1v) is 4.56. The highest BCUT2D eigenvalue weighted by Gasteiger charge is 2.06. The van der Waals surface area contributed by atoms with Gasteiger partial charge in [-0.25, -0.2) is 9.97 Å². The highest BCUT2D eigenvalue weighted by Crippen LogP contribution is 2.25. The Morgan fingerprint density at radius 1 is 1.62 bits per heavy atom. The molecule has 4 nitrogen and oxygen atoms in total. The van der Waals surface area contributed by atoms with Crippen LogP contribution in [-0.2, 0) is 0 Å². The van der Waals surface area contributed by atoms with Crippen molar-refractivity contribution in [2.24, 2.45) is 0 Å². The summed E-state index contributed by atoms with van der Waals surface area (Å²) in [6, 6.07) is 1.93. The number of thiazole rings is 1. The number of nitrogens with zero attached hydrogens (tertiary/aromatic N) is 3. The molecule has 2 rings (SSSR count). The lowest BCUT2D eigenvalue weighted by Gasteiger charge is -1.84. The molecule has 2 aromatic rings. The molecule has 0 aliphatic heterocycles. The van der Waals surface area contributed by atoms with Gasteiger partial charge in [-0.3, -0.25) is 0 Å². The van der Waals surface area contributed by atoms with Crippen LogP contribution in [0.15, 0.2) is 12.4 Å². The lowest BCUT2D eigenvalue weighted by atomic mass is 10.5. The number of halogens is 1. The topological polar surface area (TPSA) is 65.4 Å². The lowest BCUT2D eigenvalue weighted by molar-refractivity contribution is 1.30. The summed E-state index contributed by atoms with van der Waals surface area (Å²) in [7, 11) is 0. The molecule has 0 fully saturated rings. The average molecular weight is 211 g/mol. The van der Waals surface area contributed by atoms with E-state index in [9.17, 15) is 0 Å². The average Bonchev–Trinajstić information content (AvgIpc) is 2.71. The summed E-state index contributed by atoms with van der Waals surface area (Å²) in [4.78, 5) is 11.6. The second kappa shape index (κ2) is 3.17. The number of imidazole rings is 1. The van der Waals surface area contributed by atoms with Gasteiger partial charge in [-0.2, -0.15) is 5.26 Å². The fraction of sp³-hybridized carbons (Fsp3) is 0. The van der Waals surface area contributed by atoms with E-state index < -0.39 is 0 Å². The van der Waals surface area contributed by atoms with Crippen LogP contribution < -0.4 is 0 Å². The molecule has 0 aromatic carbocycles. The van der Waals surface area contributed by atoms with E-state index in [-0.39, 0.29) is 0 Å². The van der Waals surface area contributed by atoms with Gasteiger partial charge in [-0.15, -0.1) is 0 Å². The number of H-pyrrole nitrogens is 1. The van der Waals surface area contributed by atoms with Gasteiger partial charge in [-0.05, 0) is 0 Å². The number of hydrogen-bond acceptors (Lipinski definition) is 4. The minimum absolute atomic E-state index is 0.361. The van der Waals surface area contributed by atoms with Gasteiger partial charge >= 0.3 is 0 Å². The maximum absolute atomic E-state index is 8.53. The summed E-state index contributed by atoms with van der Waals surface area (Å²) >= 11 is 6.97. The minimum Gasteiger partial charge on any atom is -0.343 e. The van der Waals surface area contributed by atoms with Gasteiger partial charge in [-0.1, -0.05) is 22.9 Å². The lowest BCUT2D eigenvalue weighted by Crippen LogP contribution is -1.74. The van der Waals surface area contributed by atoms with E-state index >= 15 is 0 Å². The van der Waals surface area contributed by atoms with Gasteiger partial charge in [0.1, 0.15) is 6.07 Å². The molecule has 0 radical (unpaired) electrons. The zero-order valence-electron chi connectivity index (χ0n) is 6.28. The van der Waals surface area contributed by atoms with Crippen molar-refractivity contribution in [2.75, 3.05) is 0 Å². The molecular weight excluding hydrogens is 208 g/mol. The molecule has 0 saturated carbocycles. The van der Waals surface area contributed by atoms with Gasteiger partial charge in [0, 0.05) is 6.20 Å². The fourth-order valence-corrected chi connectivity index (χ4v) is 1.76. The van der Waals surface area contributed by atoms with Crippen LogP contribution in [0.5, 0.6) is 0 Å². The van der Waals surface area contributed by atoms with E-state index in [4.69, 9.17) is 16.9 Å². The molecule has 13 heavy (non-hydrogen) atoms. The minimum atomic E-state index is 0.361. The van der Waals surface area contributed by atoms with Crippen molar-refractivity contribution in [2.45, 2.75) is 0 Å². The van der Waals surface area contributed by atoms with Gasteiger partial charge in [0.05, 0.1) is 11.1 Å². The number of nitrogens with one attached hydrogen (secondary N) is 1. The Hall–Kier alpha value is -1.38. The third-order valence-corrected chi connectivity index (χ3v) is 2.52. The molecule has 0 bridgehead atoms. The largest absolute Gasteiger partial charge is 0.343 e. The molecule has 0 saturated heterocycles. The molecule has 0 atom stereocenters. The van der Waals surface area contributed by atoms with E-state index in [1.165, 1.54) is 11.3 Å². The van der Waals surface area contributed by atoms with Gasteiger partial charge in [0.25, 0.3) is 0 Å². The standard InChI is InChI=1S/C7H3ClN4S/c8-7-11-3-5(13-7)6-10-2-4(1-9)12-6/h2-3H,(H,10,12). The molecule has 2 aromatic heterocycles. The Labute approximate surface area is 82.8 Å². The van der Waals surface area contributed by atoms with Crippen LogP contribution in [0.4, 0.5) is 0 Å². The summed E-state index contributed by atoms with van der Waals surface area (Å²) < 4.78 is 0.463. The number of aromatic nitrogens is 3. The number of aromatic amines is 1. The number of rotatable bonds is 1. The second-order valence-corrected chi connectivity index (χ2v) is 3.84. The molecule has 64 valence electrons. The van der Waals surface area contributed by atoms with E-state index in [1.54, 1.807) is 12.4 Å². The van der Waals surface area contributed by atoms with Crippen LogP contribution in [0.3, 0.4) is 0 Å². The Bertz CT molecular complexity index is 467. The molecule has 1 N–H and O–H groups in total. The van der Waals surface area contributed by atoms with Crippen LogP contribution in [0, 0.1) is 11.3 Å². The van der Waals surface area contributed by atoms with Crippen molar-refractivity contribution in [1.29, 1.82) is 5.26 Å². The Kier molecular flexibility index (Phi) is 2.00. The summed E-state index contributed by atoms with van der Waals surface area (Å²) in [6.07, 6.45) is 3.16. The zero-order valence-corrected chi connectivity index (χ0v) is 7.85. The first kappa shape index (κ1) is 8.23. The highest BCUT2D eigenvalue weighted by atomic mass is 35.5. The highest BCUT2D eigenvalue weighted by molar-refractivity contribution is 7.18. The second-order valence-electron chi connectivity index (χ2n) is 2.22. The number of hydrogen-bond donors (Lipinski definition) is 1. The van der Waals surface area contributed by atoms with Crippen LogP contribution >= 0.6 is 22.9 Å². The summed E-state index contributed by atoms with van der Waals surface area (Å²) in [5, 5.41) is 8.53. The fourth-order valence-electron chi connectivity index (χ4n) is 0.868. The normalized spacial score (nSPS) is 9.85. The first-order valence-electron chi connectivity index (χ1n) is 3.37. The van der Waals surface area contributed by atoms with Crippen LogP contribution in [0.2, 0.25) is 4.47 Å². The Morgan fingerprint density at radius 3 is 3.00 bits per heavy atom. The van der Waals surface area contributed by atoms with Gasteiger partial charge in [0.15, 0.2) is 16.0 Å². The quantitative estimate of drug-likeness (QED) is 0.784. The molecule has 2 heterocycles. The van der Waals surface area contributed by atoms with Crippen molar-refractivity contribution in [1.82, 2.24) is 15.0 Å². The predicted octanol–water partition coefficient (Wildman–Crippen LogP) is 2.06. The monoisotopic (exact) mass is 210 g/mol. The van der Waals surface area contributed by atoms with E-state index in [0.717, 1.165) is 4.88 Å². The van der Waals surface area contributed by atoms with Crippen molar-refractivity contribution in [3.8, 4) is 16.8 Å². The molecular formula is C7H3ClN4S. The molecule has 0 aliphatic rings. The first-order chi connectivity index (χ1) is 6.29. The third-order valence-electron chi connectivity index (χ3n) is 1.40. The predicted molar refractivity (Wildman–Crippen MR) is 49.4 cm³/mol. The third kappa shape index (κ3) is 1.54. The van der Waals surface area contributed by atoms with Gasteiger partial charge < -0.3 is 4.98 Å². The zero-order chi connectivity index (χ0) is 9.26. The summed E-state index contributed by atoms with van der Waals surface area (Å²) in [5.74, 6) is 0.626. The summed E-state index contributed by atoms with van der Waals surface area (Å²) in [6.45, 7) is 0. The smallest absolute Gasteiger partial charge is 0.184 e. The van der Waals surface area contributed by atoms with Crippen molar-refractivity contribution in [3.63, 3.8) is 0 Å².